The lowest BCUT2D eigenvalue weighted by Crippen LogP contribution is -2.48. The van der Waals surface area contributed by atoms with E-state index >= 15 is 0 Å². The number of hydrogen-bond donors (Lipinski definition) is 2. The Hall–Kier alpha value is -3.45. The van der Waals surface area contributed by atoms with Crippen molar-refractivity contribution in [3.63, 3.8) is 0 Å². The Labute approximate surface area is 182 Å². The lowest BCUT2D eigenvalue weighted by atomic mass is 10.1. The highest BCUT2D eigenvalue weighted by atomic mass is 16.5. The van der Waals surface area contributed by atoms with Crippen LogP contribution in [0.1, 0.15) is 6.92 Å². The molecular weight excluding hydrogens is 392 g/mol. The van der Waals surface area contributed by atoms with Gasteiger partial charge in [-0.3, -0.25) is 9.69 Å². The van der Waals surface area contributed by atoms with Gasteiger partial charge in [0.2, 0.25) is 0 Å². The number of nitrogens with zero attached hydrogens (tertiary/aromatic N) is 2. The van der Waals surface area contributed by atoms with Crippen LogP contribution in [0.2, 0.25) is 0 Å². The summed E-state index contributed by atoms with van der Waals surface area (Å²) in [7, 11) is 0. The molecule has 0 aliphatic carbocycles. The van der Waals surface area contributed by atoms with Gasteiger partial charge in [-0.1, -0.05) is 12.1 Å². The van der Waals surface area contributed by atoms with Crippen LogP contribution in [0, 0.1) is 0 Å². The van der Waals surface area contributed by atoms with E-state index in [9.17, 15) is 4.79 Å². The maximum atomic E-state index is 11.7. The summed E-state index contributed by atoms with van der Waals surface area (Å²) in [5.74, 6) is -0.154. The van der Waals surface area contributed by atoms with Gasteiger partial charge in [0.25, 0.3) is 0 Å². The number of piperazine rings is 1. The smallest absolute Gasteiger partial charge is 0.320 e. The first-order valence-electron chi connectivity index (χ1n) is 10.5. The number of carbonyl (C=O) groups excluding carboxylic acids is 1. The first-order valence-corrected chi connectivity index (χ1v) is 10.5. The summed E-state index contributed by atoms with van der Waals surface area (Å²) < 4.78 is 10.2. The normalized spacial score (nSPS) is 14.4. The third kappa shape index (κ3) is 5.19. The number of anilines is 4. The van der Waals surface area contributed by atoms with Gasteiger partial charge >= 0.3 is 5.97 Å². The minimum atomic E-state index is -0.154. The second-order valence-corrected chi connectivity index (χ2v) is 7.56. The molecule has 0 bridgehead atoms. The monoisotopic (exact) mass is 420 g/mol. The highest BCUT2D eigenvalue weighted by Gasteiger charge is 2.20. The Morgan fingerprint density at radius 3 is 2.65 bits per heavy atom. The van der Waals surface area contributed by atoms with E-state index in [1.54, 1.807) is 12.5 Å². The van der Waals surface area contributed by atoms with Crippen LogP contribution in [-0.2, 0) is 9.53 Å². The predicted molar refractivity (Wildman–Crippen MR) is 124 cm³/mol. The molecule has 2 heterocycles. The molecule has 1 aromatic heterocycles. The summed E-state index contributed by atoms with van der Waals surface area (Å²) >= 11 is 0. The summed E-state index contributed by atoms with van der Waals surface area (Å²) in [6, 6.07) is 16.2. The van der Waals surface area contributed by atoms with Crippen molar-refractivity contribution in [1.29, 1.82) is 0 Å². The number of carbonyl (C=O) groups is 1. The van der Waals surface area contributed by atoms with Crippen LogP contribution < -0.4 is 16.0 Å². The van der Waals surface area contributed by atoms with Crippen LogP contribution in [0.25, 0.3) is 11.1 Å². The number of esters is 1. The van der Waals surface area contributed by atoms with Crippen LogP contribution >= 0.6 is 0 Å². The van der Waals surface area contributed by atoms with Crippen molar-refractivity contribution >= 4 is 28.7 Å². The van der Waals surface area contributed by atoms with E-state index in [0.717, 1.165) is 54.4 Å². The Kier molecular flexibility index (Phi) is 6.43. The molecule has 7 heteroatoms. The van der Waals surface area contributed by atoms with E-state index in [4.69, 9.17) is 14.9 Å². The molecule has 0 radical (unpaired) electrons. The number of benzene rings is 2. The van der Waals surface area contributed by atoms with Crippen molar-refractivity contribution in [2.75, 3.05) is 55.3 Å². The first kappa shape index (κ1) is 20.8. The summed E-state index contributed by atoms with van der Waals surface area (Å²) in [5, 5.41) is 3.43. The number of nitrogens with one attached hydrogen (secondary N) is 1. The number of nitrogens with two attached hydrogens (primary N) is 1. The van der Waals surface area contributed by atoms with Crippen molar-refractivity contribution in [1.82, 2.24) is 4.90 Å². The minimum Gasteiger partial charge on any atom is -0.472 e. The Morgan fingerprint density at radius 2 is 1.94 bits per heavy atom. The lowest BCUT2D eigenvalue weighted by Gasteiger charge is -2.35. The lowest BCUT2D eigenvalue weighted by molar-refractivity contribution is -0.144. The number of hydrogen-bond acceptors (Lipinski definition) is 7. The molecule has 0 amide bonds. The summed E-state index contributed by atoms with van der Waals surface area (Å²) in [6.45, 7) is 6.01. The molecule has 7 nitrogen and oxygen atoms in total. The number of ether oxygens (including phenoxy) is 1. The molecular formula is C24H28N4O3. The number of rotatable bonds is 7. The van der Waals surface area contributed by atoms with Gasteiger partial charge in [0.1, 0.15) is 0 Å². The zero-order chi connectivity index (χ0) is 21.6. The largest absolute Gasteiger partial charge is 0.472 e. The average Bonchev–Trinajstić information content (AvgIpc) is 3.31. The molecule has 162 valence electrons. The Bertz CT molecular complexity index is 1010. The molecule has 1 aliphatic rings. The molecule has 1 aliphatic heterocycles. The maximum absolute atomic E-state index is 11.7. The molecule has 0 unspecified atom stereocenters. The maximum Gasteiger partial charge on any atom is 0.320 e. The molecule has 0 saturated carbocycles. The van der Waals surface area contributed by atoms with E-state index in [-0.39, 0.29) is 5.97 Å². The molecule has 0 atom stereocenters. The quantitative estimate of drug-likeness (QED) is 0.442. The fourth-order valence-corrected chi connectivity index (χ4v) is 3.77. The van der Waals surface area contributed by atoms with Crippen LogP contribution in [0.3, 0.4) is 0 Å². The van der Waals surface area contributed by atoms with Gasteiger partial charge in [-0.25, -0.2) is 0 Å². The zero-order valence-electron chi connectivity index (χ0n) is 17.7. The van der Waals surface area contributed by atoms with Gasteiger partial charge in [0.15, 0.2) is 0 Å². The fourth-order valence-electron chi connectivity index (χ4n) is 3.77. The van der Waals surface area contributed by atoms with Gasteiger partial charge < -0.3 is 25.1 Å². The molecule has 3 N–H and O–H groups in total. The van der Waals surface area contributed by atoms with E-state index < -0.39 is 0 Å². The molecule has 1 saturated heterocycles. The average molecular weight is 421 g/mol. The van der Waals surface area contributed by atoms with Gasteiger partial charge in [0, 0.05) is 43.1 Å². The summed E-state index contributed by atoms with van der Waals surface area (Å²) in [5.41, 5.74) is 12.0. The van der Waals surface area contributed by atoms with Crippen LogP contribution in [0.5, 0.6) is 0 Å². The van der Waals surface area contributed by atoms with Crippen LogP contribution in [-0.4, -0.2) is 50.2 Å². The van der Waals surface area contributed by atoms with Crippen molar-refractivity contribution in [3.05, 3.63) is 61.1 Å². The van der Waals surface area contributed by atoms with Crippen molar-refractivity contribution in [3.8, 4) is 11.1 Å². The molecule has 2 aromatic carbocycles. The van der Waals surface area contributed by atoms with Gasteiger partial charge in [-0.05, 0) is 48.9 Å². The molecule has 0 spiro atoms. The number of nitrogen functional groups attached to an aromatic ring is 1. The first-order chi connectivity index (χ1) is 15.1. The minimum absolute atomic E-state index is 0.154. The Morgan fingerprint density at radius 1 is 1.10 bits per heavy atom. The van der Waals surface area contributed by atoms with Crippen molar-refractivity contribution in [2.24, 2.45) is 0 Å². The molecule has 31 heavy (non-hydrogen) atoms. The third-order valence-electron chi connectivity index (χ3n) is 5.43. The van der Waals surface area contributed by atoms with E-state index in [1.807, 2.05) is 43.3 Å². The van der Waals surface area contributed by atoms with Crippen molar-refractivity contribution in [2.45, 2.75) is 6.92 Å². The van der Waals surface area contributed by atoms with E-state index in [1.165, 1.54) is 0 Å². The topological polar surface area (TPSA) is 84.0 Å². The van der Waals surface area contributed by atoms with Gasteiger partial charge in [-0.15, -0.1) is 0 Å². The van der Waals surface area contributed by atoms with Crippen LogP contribution in [0.4, 0.5) is 22.7 Å². The molecule has 1 fully saturated rings. The van der Waals surface area contributed by atoms with Gasteiger partial charge in [0.05, 0.1) is 37.1 Å². The zero-order valence-corrected chi connectivity index (χ0v) is 17.7. The highest BCUT2D eigenvalue weighted by molar-refractivity contribution is 5.79. The highest BCUT2D eigenvalue weighted by Crippen LogP contribution is 2.30. The van der Waals surface area contributed by atoms with Crippen LogP contribution in [0.15, 0.2) is 65.5 Å². The van der Waals surface area contributed by atoms with Crippen molar-refractivity contribution < 1.29 is 13.9 Å². The SMILES string of the molecule is CCOC(=O)CN1CCN(c2cccc(Nc3ccc(-c4ccoc4)cc3N)c2)CC1. The second-order valence-electron chi connectivity index (χ2n) is 7.56. The fraction of sp³-hybridized carbons (Fsp3) is 0.292. The predicted octanol–water partition coefficient (Wildman–Crippen LogP) is 3.96. The van der Waals surface area contributed by atoms with Gasteiger partial charge in [-0.2, -0.15) is 0 Å². The molecule has 4 rings (SSSR count). The standard InChI is InChI=1S/C24H28N4O3/c1-2-31-24(29)16-27-9-11-28(12-10-27)21-5-3-4-20(15-21)26-23-7-6-18(14-22(23)25)19-8-13-30-17-19/h3-8,13-15,17,26H,2,9-12,16,25H2,1H3. The Balaban J connectivity index is 1.38. The second kappa shape index (κ2) is 9.57. The van der Waals surface area contributed by atoms with E-state index in [0.29, 0.717) is 18.8 Å². The summed E-state index contributed by atoms with van der Waals surface area (Å²) in [4.78, 5) is 16.2. The van der Waals surface area contributed by atoms with E-state index in [2.05, 4.69) is 27.2 Å². The molecule has 3 aromatic rings. The third-order valence-corrected chi connectivity index (χ3v) is 5.43. The number of furan rings is 1. The summed E-state index contributed by atoms with van der Waals surface area (Å²) in [6.07, 6.45) is 3.36.